The van der Waals surface area contributed by atoms with E-state index in [9.17, 15) is 9.59 Å². The Bertz CT molecular complexity index is 471. The van der Waals surface area contributed by atoms with Crippen LogP contribution in [0.5, 0.6) is 0 Å². The summed E-state index contributed by atoms with van der Waals surface area (Å²) in [5, 5.41) is 11.9. The predicted octanol–water partition coefficient (Wildman–Crippen LogP) is 1.25. The Morgan fingerprint density at radius 1 is 1.44 bits per heavy atom. The molecule has 0 radical (unpaired) electrons. The number of rotatable bonds is 5. The topological polar surface area (TPSA) is 102 Å². The number of esters is 1. The van der Waals surface area contributed by atoms with E-state index >= 15 is 0 Å². The minimum absolute atomic E-state index is 0.0515. The zero-order chi connectivity index (χ0) is 13.7. The Hall–Kier alpha value is -2.24. The number of methoxy groups -OCH3 is 1. The third-order valence-electron chi connectivity index (χ3n) is 2.50. The number of carboxylic acid groups (broad SMARTS) is 1. The van der Waals surface area contributed by atoms with Crippen LogP contribution in [-0.2, 0) is 9.53 Å². The molecular weight excluding hydrogens is 236 g/mol. The summed E-state index contributed by atoms with van der Waals surface area (Å²) in [5.41, 5.74) is 7.26. The quantitative estimate of drug-likeness (QED) is 0.538. The van der Waals surface area contributed by atoms with E-state index in [1.165, 1.54) is 13.2 Å². The van der Waals surface area contributed by atoms with Gasteiger partial charge in [-0.15, -0.1) is 0 Å². The highest BCUT2D eigenvalue weighted by Gasteiger charge is 2.11. The lowest BCUT2D eigenvalue weighted by Crippen LogP contribution is -2.11. The summed E-state index contributed by atoms with van der Waals surface area (Å²) in [5.74, 6) is -1.40. The van der Waals surface area contributed by atoms with Crippen LogP contribution in [0.3, 0.4) is 0 Å². The van der Waals surface area contributed by atoms with E-state index < -0.39 is 5.97 Å². The van der Waals surface area contributed by atoms with Gasteiger partial charge in [0, 0.05) is 17.9 Å². The number of aromatic carboxylic acids is 1. The molecule has 6 nitrogen and oxygen atoms in total. The van der Waals surface area contributed by atoms with Gasteiger partial charge in [-0.3, -0.25) is 4.79 Å². The molecule has 18 heavy (non-hydrogen) atoms. The van der Waals surface area contributed by atoms with Gasteiger partial charge in [-0.2, -0.15) is 0 Å². The summed E-state index contributed by atoms with van der Waals surface area (Å²) in [6.45, 7) is 2.10. The van der Waals surface area contributed by atoms with Crippen LogP contribution in [0.2, 0.25) is 0 Å². The predicted molar refractivity (Wildman–Crippen MR) is 67.7 cm³/mol. The van der Waals surface area contributed by atoms with E-state index in [2.05, 4.69) is 10.1 Å². The van der Waals surface area contributed by atoms with Crippen molar-refractivity contribution in [1.82, 2.24) is 0 Å². The van der Waals surface area contributed by atoms with Crippen molar-refractivity contribution in [2.24, 2.45) is 0 Å². The fourth-order valence-electron chi connectivity index (χ4n) is 1.49. The number of carboxylic acids is 1. The van der Waals surface area contributed by atoms with Gasteiger partial charge >= 0.3 is 11.9 Å². The van der Waals surface area contributed by atoms with Crippen molar-refractivity contribution in [3.05, 3.63) is 23.3 Å². The van der Waals surface area contributed by atoms with Gasteiger partial charge in [-0.05, 0) is 24.6 Å². The molecule has 0 saturated carbocycles. The molecule has 0 spiro atoms. The van der Waals surface area contributed by atoms with Gasteiger partial charge in [0.1, 0.15) is 0 Å². The van der Waals surface area contributed by atoms with E-state index in [-0.39, 0.29) is 23.6 Å². The molecule has 1 aromatic carbocycles. The Kier molecular flexibility index (Phi) is 4.53. The zero-order valence-electron chi connectivity index (χ0n) is 10.3. The summed E-state index contributed by atoms with van der Waals surface area (Å²) >= 11 is 0. The van der Waals surface area contributed by atoms with E-state index in [1.807, 2.05) is 0 Å². The number of aryl methyl sites for hydroxylation is 1. The normalized spacial score (nSPS) is 9.89. The van der Waals surface area contributed by atoms with E-state index in [4.69, 9.17) is 10.8 Å². The van der Waals surface area contributed by atoms with E-state index in [0.29, 0.717) is 17.8 Å². The molecule has 0 aliphatic rings. The Morgan fingerprint density at radius 2 is 2.11 bits per heavy atom. The molecule has 0 atom stereocenters. The van der Waals surface area contributed by atoms with Gasteiger partial charge in [-0.25, -0.2) is 4.79 Å². The average molecular weight is 252 g/mol. The highest BCUT2D eigenvalue weighted by atomic mass is 16.5. The lowest BCUT2D eigenvalue weighted by Gasteiger charge is -2.10. The van der Waals surface area contributed by atoms with Gasteiger partial charge in [0.15, 0.2) is 0 Å². The van der Waals surface area contributed by atoms with Crippen LogP contribution in [0.25, 0.3) is 0 Å². The van der Waals surface area contributed by atoms with Crippen LogP contribution >= 0.6 is 0 Å². The molecule has 0 bridgehead atoms. The second-order valence-corrected chi connectivity index (χ2v) is 3.81. The average Bonchev–Trinajstić information content (AvgIpc) is 2.32. The monoisotopic (exact) mass is 252 g/mol. The van der Waals surface area contributed by atoms with Crippen LogP contribution in [-0.4, -0.2) is 30.7 Å². The number of hydrogen-bond donors (Lipinski definition) is 3. The van der Waals surface area contributed by atoms with Gasteiger partial charge in [0.25, 0.3) is 0 Å². The first kappa shape index (κ1) is 13.8. The van der Waals surface area contributed by atoms with Crippen molar-refractivity contribution in [2.45, 2.75) is 13.3 Å². The maximum Gasteiger partial charge on any atom is 0.337 e. The van der Waals surface area contributed by atoms with Gasteiger partial charge in [0.2, 0.25) is 0 Å². The van der Waals surface area contributed by atoms with Crippen molar-refractivity contribution >= 4 is 23.3 Å². The number of nitrogen functional groups attached to an aromatic ring is 1. The second-order valence-electron chi connectivity index (χ2n) is 3.81. The first-order valence-corrected chi connectivity index (χ1v) is 5.39. The molecule has 1 aromatic rings. The lowest BCUT2D eigenvalue weighted by molar-refractivity contribution is -0.140. The molecule has 0 aliphatic carbocycles. The van der Waals surface area contributed by atoms with Crippen molar-refractivity contribution in [2.75, 3.05) is 24.7 Å². The Balaban J connectivity index is 2.78. The molecule has 0 heterocycles. The van der Waals surface area contributed by atoms with Gasteiger partial charge < -0.3 is 20.9 Å². The van der Waals surface area contributed by atoms with Crippen LogP contribution < -0.4 is 11.1 Å². The van der Waals surface area contributed by atoms with Crippen molar-refractivity contribution in [3.63, 3.8) is 0 Å². The largest absolute Gasteiger partial charge is 0.478 e. The van der Waals surface area contributed by atoms with Crippen molar-refractivity contribution in [3.8, 4) is 0 Å². The van der Waals surface area contributed by atoms with E-state index in [1.54, 1.807) is 13.0 Å². The summed E-state index contributed by atoms with van der Waals surface area (Å²) in [4.78, 5) is 21.9. The molecule has 0 unspecified atom stereocenters. The minimum atomic E-state index is -1.08. The molecule has 6 heteroatoms. The molecule has 0 aliphatic heterocycles. The number of hydrogen-bond acceptors (Lipinski definition) is 5. The zero-order valence-corrected chi connectivity index (χ0v) is 10.3. The SMILES string of the molecule is COC(=O)CCNc1cc(C)c(N)c(C(=O)O)c1. The summed E-state index contributed by atoms with van der Waals surface area (Å²) in [7, 11) is 1.32. The summed E-state index contributed by atoms with van der Waals surface area (Å²) in [6, 6.07) is 3.18. The van der Waals surface area contributed by atoms with Crippen LogP contribution in [0, 0.1) is 6.92 Å². The fourth-order valence-corrected chi connectivity index (χ4v) is 1.49. The van der Waals surface area contributed by atoms with Crippen LogP contribution in [0.4, 0.5) is 11.4 Å². The molecule has 4 N–H and O–H groups in total. The lowest BCUT2D eigenvalue weighted by atomic mass is 10.1. The number of anilines is 2. The maximum absolute atomic E-state index is 11.0. The standard InChI is InChI=1S/C12H16N2O4/c1-7-5-8(14-4-3-10(15)18-2)6-9(11(7)13)12(16)17/h5-6,14H,3-4,13H2,1-2H3,(H,16,17). The van der Waals surface area contributed by atoms with E-state index in [0.717, 1.165) is 0 Å². The number of carbonyl (C=O) groups is 2. The molecule has 0 fully saturated rings. The third-order valence-corrected chi connectivity index (χ3v) is 2.50. The highest BCUT2D eigenvalue weighted by Crippen LogP contribution is 2.22. The Morgan fingerprint density at radius 3 is 2.67 bits per heavy atom. The first-order chi connectivity index (χ1) is 8.45. The number of benzene rings is 1. The molecular formula is C12H16N2O4. The highest BCUT2D eigenvalue weighted by molar-refractivity contribution is 5.95. The summed E-state index contributed by atoms with van der Waals surface area (Å²) < 4.78 is 4.50. The van der Waals surface area contributed by atoms with Gasteiger partial charge in [0.05, 0.1) is 19.1 Å². The summed E-state index contributed by atoms with van der Waals surface area (Å²) in [6.07, 6.45) is 0.211. The van der Waals surface area contributed by atoms with Crippen LogP contribution in [0.15, 0.2) is 12.1 Å². The van der Waals surface area contributed by atoms with Crippen molar-refractivity contribution in [1.29, 1.82) is 0 Å². The van der Waals surface area contributed by atoms with Crippen molar-refractivity contribution < 1.29 is 19.4 Å². The minimum Gasteiger partial charge on any atom is -0.478 e. The molecule has 98 valence electrons. The molecule has 0 amide bonds. The second kappa shape index (κ2) is 5.90. The fraction of sp³-hybridized carbons (Fsp3) is 0.333. The number of nitrogens with one attached hydrogen (secondary N) is 1. The first-order valence-electron chi connectivity index (χ1n) is 5.39. The molecule has 1 rings (SSSR count). The number of ether oxygens (including phenoxy) is 1. The number of nitrogens with two attached hydrogens (primary N) is 1. The molecule has 0 aromatic heterocycles. The third kappa shape index (κ3) is 3.38. The number of carbonyl (C=O) groups excluding carboxylic acids is 1. The maximum atomic E-state index is 11.0. The van der Waals surface area contributed by atoms with Crippen LogP contribution in [0.1, 0.15) is 22.3 Å². The smallest absolute Gasteiger partial charge is 0.337 e. The van der Waals surface area contributed by atoms with Gasteiger partial charge in [-0.1, -0.05) is 0 Å². The molecule has 0 saturated heterocycles. The Labute approximate surface area is 105 Å².